The van der Waals surface area contributed by atoms with Crippen molar-refractivity contribution in [3.63, 3.8) is 0 Å². The molecule has 0 amide bonds. The lowest BCUT2D eigenvalue weighted by Crippen LogP contribution is -2.38. The first-order valence-electron chi connectivity index (χ1n) is 15.9. The van der Waals surface area contributed by atoms with E-state index in [9.17, 15) is 20.0 Å². The Hall–Kier alpha value is -4.55. The molecule has 6 nitrogen and oxygen atoms in total. The van der Waals surface area contributed by atoms with Gasteiger partial charge in [0, 0.05) is 23.7 Å². The van der Waals surface area contributed by atoms with Gasteiger partial charge in [-0.2, -0.15) is 0 Å². The fraction of sp³-hybridized carbons (Fsp3) is 0.325. The van der Waals surface area contributed by atoms with Gasteiger partial charge >= 0.3 is 5.97 Å². The summed E-state index contributed by atoms with van der Waals surface area (Å²) in [7, 11) is 0. The smallest absolute Gasteiger partial charge is 0.336 e. The van der Waals surface area contributed by atoms with Gasteiger partial charge in [0.05, 0.1) is 10.5 Å². The molecular weight excluding hydrogens is 572 g/mol. The summed E-state index contributed by atoms with van der Waals surface area (Å²) in [5, 5.41) is 24.5. The summed E-state index contributed by atoms with van der Waals surface area (Å²) < 4.78 is 0. The minimum atomic E-state index is -0.922. The van der Waals surface area contributed by atoms with Gasteiger partial charge in [-0.25, -0.2) is 4.79 Å². The van der Waals surface area contributed by atoms with Crippen LogP contribution in [0, 0.1) is 16.0 Å². The van der Waals surface area contributed by atoms with Crippen LogP contribution >= 0.6 is 0 Å². The number of non-ortho nitro benzene ring substituents is 1. The first kappa shape index (κ1) is 34.3. The van der Waals surface area contributed by atoms with E-state index in [4.69, 9.17) is 0 Å². The molecule has 0 radical (unpaired) electrons. The number of nitro groups is 1. The number of nitro benzene ring substituents is 1. The first-order chi connectivity index (χ1) is 21.7. The van der Waals surface area contributed by atoms with Crippen LogP contribution in [-0.2, 0) is 12.0 Å². The van der Waals surface area contributed by atoms with E-state index in [0.717, 1.165) is 23.1 Å². The van der Waals surface area contributed by atoms with Crippen molar-refractivity contribution >= 4 is 17.2 Å². The molecule has 0 saturated carbocycles. The van der Waals surface area contributed by atoms with Gasteiger partial charge in [-0.15, -0.1) is 0 Å². The minimum absolute atomic E-state index is 0.00794. The van der Waals surface area contributed by atoms with Crippen molar-refractivity contribution in [3.05, 3.63) is 140 Å². The van der Waals surface area contributed by atoms with Crippen LogP contribution < -0.4 is 5.32 Å². The topological polar surface area (TPSA) is 92.5 Å². The summed E-state index contributed by atoms with van der Waals surface area (Å²) in [6, 6.07) is 29.0. The van der Waals surface area contributed by atoms with Crippen LogP contribution in [0.3, 0.4) is 0 Å². The largest absolute Gasteiger partial charge is 0.478 e. The lowest BCUT2D eigenvalue weighted by atomic mass is 9.79. The third-order valence-corrected chi connectivity index (χ3v) is 9.43. The van der Waals surface area contributed by atoms with Gasteiger partial charge in [-0.05, 0) is 116 Å². The summed E-state index contributed by atoms with van der Waals surface area (Å²) in [6.07, 6.45) is 0.900. The number of hydrogen-bond donors (Lipinski definition) is 2. The molecule has 0 spiro atoms. The Morgan fingerprint density at radius 3 is 2.09 bits per heavy atom. The molecule has 0 fully saturated rings. The molecule has 0 heterocycles. The molecule has 0 bridgehead atoms. The molecule has 240 valence electrons. The van der Waals surface area contributed by atoms with Crippen LogP contribution in [0.4, 0.5) is 5.69 Å². The SMILES string of the molecule is CC(C)=C(C)c1cc(C(C)(C)NC(C)c2ccc([N+](=O)[O-])cc2)ccc1C(C)C(C)Cc1ccc(-c2ccccc2C(=O)O)cc1. The molecular formula is C40H46N2O4. The van der Waals surface area contributed by atoms with Crippen LogP contribution in [-0.4, -0.2) is 16.0 Å². The highest BCUT2D eigenvalue weighted by Crippen LogP contribution is 2.37. The lowest BCUT2D eigenvalue weighted by Gasteiger charge is -2.33. The highest BCUT2D eigenvalue weighted by molar-refractivity contribution is 5.96. The normalized spacial score (nSPS) is 13.5. The van der Waals surface area contributed by atoms with E-state index in [1.54, 1.807) is 24.3 Å². The van der Waals surface area contributed by atoms with Crippen LogP contribution in [0.5, 0.6) is 0 Å². The van der Waals surface area contributed by atoms with Gasteiger partial charge in [0.25, 0.3) is 5.69 Å². The maximum absolute atomic E-state index is 11.7. The lowest BCUT2D eigenvalue weighted by molar-refractivity contribution is -0.384. The Morgan fingerprint density at radius 2 is 1.50 bits per heavy atom. The van der Waals surface area contributed by atoms with Crippen LogP contribution in [0.25, 0.3) is 16.7 Å². The van der Waals surface area contributed by atoms with E-state index in [1.165, 1.54) is 33.4 Å². The maximum Gasteiger partial charge on any atom is 0.336 e. The van der Waals surface area contributed by atoms with E-state index in [1.807, 2.05) is 36.4 Å². The molecule has 4 aromatic carbocycles. The van der Waals surface area contributed by atoms with Crippen molar-refractivity contribution in [2.45, 2.75) is 79.3 Å². The highest BCUT2D eigenvalue weighted by atomic mass is 16.6. The Bertz CT molecular complexity index is 1730. The van der Waals surface area contributed by atoms with Gasteiger partial charge in [-0.3, -0.25) is 10.1 Å². The standard InChI is InChI=1S/C40H46N2O4/c1-25(2)27(4)38-24-33(40(7,8)41-29(6)31-17-20-34(21-18-31)42(45)46)19-22-35(38)28(5)26(3)23-30-13-15-32(16-14-30)36-11-9-10-12-37(36)39(43)44/h9-22,24,26,28-29,41H,23H2,1-8H3,(H,43,44). The zero-order valence-electron chi connectivity index (χ0n) is 28.2. The average molecular weight is 619 g/mol. The number of nitrogens with zero attached hydrogens (tertiary/aromatic N) is 1. The van der Waals surface area contributed by atoms with E-state index in [-0.39, 0.29) is 22.2 Å². The zero-order chi connectivity index (χ0) is 33.8. The fourth-order valence-electron chi connectivity index (χ4n) is 6.13. The second kappa shape index (κ2) is 14.3. The van der Waals surface area contributed by atoms with Crippen molar-refractivity contribution in [2.24, 2.45) is 5.92 Å². The number of allylic oxidation sites excluding steroid dienone is 2. The molecule has 3 unspecified atom stereocenters. The number of benzene rings is 4. The second-order valence-electron chi connectivity index (χ2n) is 13.3. The number of carbonyl (C=O) groups is 1. The van der Waals surface area contributed by atoms with E-state index >= 15 is 0 Å². The summed E-state index contributed by atoms with van der Waals surface area (Å²) in [6.45, 7) is 17.5. The number of hydrogen-bond acceptors (Lipinski definition) is 4. The number of nitrogens with one attached hydrogen (secondary N) is 1. The number of rotatable bonds is 12. The molecule has 0 saturated heterocycles. The molecule has 0 aromatic heterocycles. The first-order valence-corrected chi connectivity index (χ1v) is 15.9. The second-order valence-corrected chi connectivity index (χ2v) is 13.3. The van der Waals surface area contributed by atoms with E-state index in [0.29, 0.717) is 17.4 Å². The third-order valence-electron chi connectivity index (χ3n) is 9.43. The molecule has 0 aliphatic rings. The van der Waals surface area contributed by atoms with E-state index in [2.05, 4.69) is 91.0 Å². The average Bonchev–Trinajstić information content (AvgIpc) is 3.03. The predicted octanol–water partition coefficient (Wildman–Crippen LogP) is 10.3. The Kier molecular flexibility index (Phi) is 10.6. The number of aromatic carboxylic acids is 1. The molecule has 46 heavy (non-hydrogen) atoms. The van der Waals surface area contributed by atoms with Gasteiger partial charge in [-0.1, -0.05) is 86.2 Å². The molecule has 6 heteroatoms. The maximum atomic E-state index is 11.7. The van der Waals surface area contributed by atoms with Crippen molar-refractivity contribution in [3.8, 4) is 11.1 Å². The minimum Gasteiger partial charge on any atom is -0.478 e. The molecule has 0 aliphatic carbocycles. The molecule has 4 aromatic rings. The number of carboxylic acid groups (broad SMARTS) is 1. The van der Waals surface area contributed by atoms with Crippen LogP contribution in [0.2, 0.25) is 0 Å². The van der Waals surface area contributed by atoms with Gasteiger partial charge in [0.1, 0.15) is 0 Å². The van der Waals surface area contributed by atoms with Crippen molar-refractivity contribution < 1.29 is 14.8 Å². The van der Waals surface area contributed by atoms with Gasteiger partial charge < -0.3 is 10.4 Å². The molecule has 2 N–H and O–H groups in total. The Balaban J connectivity index is 1.56. The fourth-order valence-corrected chi connectivity index (χ4v) is 6.13. The van der Waals surface area contributed by atoms with Gasteiger partial charge in [0.15, 0.2) is 0 Å². The zero-order valence-corrected chi connectivity index (χ0v) is 28.2. The van der Waals surface area contributed by atoms with Crippen LogP contribution in [0.1, 0.15) is 106 Å². The van der Waals surface area contributed by atoms with Crippen molar-refractivity contribution in [1.82, 2.24) is 5.32 Å². The summed E-state index contributed by atoms with van der Waals surface area (Å²) in [5.41, 5.74) is 10.2. The molecule has 0 aliphatic heterocycles. The third kappa shape index (κ3) is 7.80. The Morgan fingerprint density at radius 1 is 0.870 bits per heavy atom. The highest BCUT2D eigenvalue weighted by Gasteiger charge is 2.26. The summed E-state index contributed by atoms with van der Waals surface area (Å²) >= 11 is 0. The number of carboxylic acids is 1. The quantitative estimate of drug-likeness (QED) is 0.122. The molecule has 3 atom stereocenters. The van der Waals surface area contributed by atoms with Gasteiger partial charge in [0.2, 0.25) is 0 Å². The summed E-state index contributed by atoms with van der Waals surface area (Å²) in [5.74, 6) is -0.269. The van der Waals surface area contributed by atoms with Crippen molar-refractivity contribution in [1.29, 1.82) is 0 Å². The van der Waals surface area contributed by atoms with Crippen molar-refractivity contribution in [2.75, 3.05) is 0 Å². The summed E-state index contributed by atoms with van der Waals surface area (Å²) in [4.78, 5) is 22.4. The Labute approximate surface area is 273 Å². The molecule has 4 rings (SSSR count). The van der Waals surface area contributed by atoms with Crippen LogP contribution in [0.15, 0.2) is 96.6 Å². The van der Waals surface area contributed by atoms with E-state index < -0.39 is 5.97 Å². The monoisotopic (exact) mass is 618 g/mol. The predicted molar refractivity (Wildman–Crippen MR) is 188 cm³/mol.